The summed E-state index contributed by atoms with van der Waals surface area (Å²) in [5, 5.41) is 7.36. The van der Waals surface area contributed by atoms with Gasteiger partial charge in [-0.25, -0.2) is 18.3 Å². The zero-order valence-electron chi connectivity index (χ0n) is 34.0. The summed E-state index contributed by atoms with van der Waals surface area (Å²) in [5.41, 5.74) is 5.02. The van der Waals surface area contributed by atoms with Crippen molar-refractivity contribution in [3.8, 4) is 28.1 Å². The Morgan fingerprint density at radius 2 is 1.42 bits per heavy atom. The van der Waals surface area contributed by atoms with Crippen LogP contribution in [0.4, 0.5) is 36.3 Å². The van der Waals surface area contributed by atoms with Crippen LogP contribution in [0.5, 0.6) is 0 Å². The molecule has 0 aliphatic carbocycles. The van der Waals surface area contributed by atoms with Gasteiger partial charge in [-0.3, -0.25) is 29.6 Å². The number of alkyl halides is 1. The molecule has 3 aromatic carbocycles. The van der Waals surface area contributed by atoms with E-state index in [0.717, 1.165) is 85.7 Å². The lowest BCUT2D eigenvalue weighted by molar-refractivity contribution is -0.120. The highest BCUT2D eigenvalue weighted by Crippen LogP contribution is 2.38. The smallest absolute Gasteiger partial charge is 0.328 e. The van der Waals surface area contributed by atoms with Crippen LogP contribution in [0.25, 0.3) is 28.1 Å². The number of urea groups is 1. The van der Waals surface area contributed by atoms with Crippen molar-refractivity contribution in [2.75, 3.05) is 84.9 Å². The van der Waals surface area contributed by atoms with Gasteiger partial charge in [-0.1, -0.05) is 11.6 Å². The molecule has 14 nitrogen and oxygen atoms in total. The summed E-state index contributed by atoms with van der Waals surface area (Å²) in [4.78, 5) is 36.9. The van der Waals surface area contributed by atoms with E-state index in [2.05, 4.69) is 54.0 Å². The number of carbonyl (C=O) groups excluding carboxylic acids is 2. The van der Waals surface area contributed by atoms with Crippen molar-refractivity contribution < 1.29 is 26.8 Å². The fraction of sp³-hybridized carbons (Fsp3) is 0.364. The number of nitrogens with zero attached hydrogens (tertiary/aromatic N) is 8. The van der Waals surface area contributed by atoms with Gasteiger partial charge in [-0.15, -0.1) is 0 Å². The molecule has 0 bridgehead atoms. The third kappa shape index (κ3) is 8.98. The molecule has 2 N–H and O–H groups in total. The van der Waals surface area contributed by atoms with Gasteiger partial charge in [0.15, 0.2) is 5.82 Å². The predicted octanol–water partition coefficient (Wildman–Crippen LogP) is 6.58. The van der Waals surface area contributed by atoms with Crippen molar-refractivity contribution in [3.05, 3.63) is 102 Å². The molecule has 62 heavy (non-hydrogen) atoms. The van der Waals surface area contributed by atoms with Crippen molar-refractivity contribution in [2.45, 2.75) is 31.9 Å². The standard InChI is InChI=1S/C44H47ClF2N10O4S/c45-32-25-38(42(47)40(26-32)51-62(60,61)55-19-13-33(46)28-55)39-29-57(50-43(39)31-9-15-48-16-10-31)37-7-3-35(4-8-37)54-23-21-52(22-24-54)27-30-11-17-53(18-12-30)34-1-5-36(6-2-34)56-20-14-41(58)49-44(56)59/h1-10,15-16,25-26,29-30,33,51H,11-14,17-24,27-28H2,(H,49,58,59)/t33-/m1/s1. The maximum atomic E-state index is 16.4. The van der Waals surface area contributed by atoms with E-state index in [4.69, 9.17) is 16.7 Å². The Kier molecular flexibility index (Phi) is 11.9. The average Bonchev–Trinajstić information content (AvgIpc) is 3.94. The molecule has 4 aliphatic heterocycles. The molecule has 0 radical (unpaired) electrons. The van der Waals surface area contributed by atoms with Crippen molar-refractivity contribution in [2.24, 2.45) is 5.92 Å². The minimum Gasteiger partial charge on any atom is -0.372 e. The van der Waals surface area contributed by atoms with E-state index in [1.165, 1.54) is 12.1 Å². The van der Waals surface area contributed by atoms with Crippen molar-refractivity contribution in [1.82, 2.24) is 29.3 Å². The number of benzene rings is 3. The summed E-state index contributed by atoms with van der Waals surface area (Å²) in [7, 11) is -4.23. The quantitative estimate of drug-likeness (QED) is 0.151. The summed E-state index contributed by atoms with van der Waals surface area (Å²) in [5.74, 6) is -0.448. The van der Waals surface area contributed by atoms with Crippen LogP contribution in [0, 0.1) is 11.7 Å². The fourth-order valence-corrected chi connectivity index (χ4v) is 10.3. The van der Waals surface area contributed by atoms with Gasteiger partial charge in [0, 0.05) is 129 Å². The number of piperazine rings is 1. The van der Waals surface area contributed by atoms with E-state index in [1.807, 2.05) is 24.3 Å². The van der Waals surface area contributed by atoms with Crippen LogP contribution < -0.4 is 24.7 Å². The van der Waals surface area contributed by atoms with Crippen LogP contribution >= 0.6 is 11.6 Å². The number of pyridine rings is 1. The SMILES string of the molecule is O=C1CCN(c2ccc(N3CCC(CN4CCN(c5ccc(-n6cc(-c7cc(Cl)cc(NS(=O)(=O)N8CC[C@@H](F)C8)c7F)c(-c7ccncc7)n6)cc5)CC4)CC3)cc2)C(=O)N1. The van der Waals surface area contributed by atoms with E-state index in [9.17, 15) is 22.4 Å². The lowest BCUT2D eigenvalue weighted by atomic mass is 9.95. The van der Waals surface area contributed by atoms with Crippen molar-refractivity contribution in [1.29, 1.82) is 0 Å². The summed E-state index contributed by atoms with van der Waals surface area (Å²) >= 11 is 6.47. The normalized spacial score (nSPS) is 19.6. The molecule has 5 aromatic rings. The molecule has 18 heteroatoms. The van der Waals surface area contributed by atoms with Gasteiger partial charge in [0.2, 0.25) is 5.91 Å². The topological polar surface area (TPSA) is 139 Å². The Hall–Kier alpha value is -5.62. The van der Waals surface area contributed by atoms with E-state index in [1.54, 1.807) is 40.3 Å². The summed E-state index contributed by atoms with van der Waals surface area (Å²) < 4.78 is 61.3. The lowest BCUT2D eigenvalue weighted by Gasteiger charge is -2.40. The first-order valence-corrected chi connectivity index (χ1v) is 22.7. The van der Waals surface area contributed by atoms with Crippen LogP contribution in [0.3, 0.4) is 0 Å². The van der Waals surface area contributed by atoms with E-state index >= 15 is 4.39 Å². The van der Waals surface area contributed by atoms with Gasteiger partial charge in [0.05, 0.1) is 11.4 Å². The van der Waals surface area contributed by atoms with Crippen LogP contribution in [-0.2, 0) is 15.0 Å². The third-order valence-corrected chi connectivity index (χ3v) is 13.9. The molecule has 324 valence electrons. The molecule has 3 amide bonds. The second-order valence-corrected chi connectivity index (χ2v) is 18.4. The zero-order valence-corrected chi connectivity index (χ0v) is 35.5. The largest absolute Gasteiger partial charge is 0.372 e. The Bertz CT molecular complexity index is 2530. The molecule has 0 saturated carbocycles. The molecule has 2 aromatic heterocycles. The minimum absolute atomic E-state index is 0.00434. The van der Waals surface area contributed by atoms with Crippen molar-refractivity contribution >= 4 is 56.5 Å². The first-order chi connectivity index (χ1) is 30.0. The highest BCUT2D eigenvalue weighted by atomic mass is 35.5. The number of carbonyl (C=O) groups is 2. The fourth-order valence-electron chi connectivity index (χ4n) is 8.79. The zero-order chi connectivity index (χ0) is 43.0. The first-order valence-electron chi connectivity index (χ1n) is 20.9. The molecule has 1 atom stereocenters. The van der Waals surface area contributed by atoms with E-state index in [-0.39, 0.29) is 47.7 Å². The first kappa shape index (κ1) is 41.7. The van der Waals surface area contributed by atoms with Crippen LogP contribution in [0.2, 0.25) is 5.02 Å². The van der Waals surface area contributed by atoms with Gasteiger partial charge in [-0.05, 0) is 98.0 Å². The van der Waals surface area contributed by atoms with Gasteiger partial charge < -0.3 is 9.80 Å². The number of amides is 3. The molecule has 0 spiro atoms. The lowest BCUT2D eigenvalue weighted by Crippen LogP contribution is -2.49. The van der Waals surface area contributed by atoms with Crippen LogP contribution in [-0.4, -0.2) is 116 Å². The Morgan fingerprint density at radius 1 is 0.774 bits per heavy atom. The Labute approximate surface area is 364 Å². The number of hydrogen-bond acceptors (Lipinski definition) is 9. The van der Waals surface area contributed by atoms with Gasteiger partial charge in [-0.2, -0.15) is 17.8 Å². The third-order valence-electron chi connectivity index (χ3n) is 12.2. The Morgan fingerprint density at radius 3 is 2.06 bits per heavy atom. The van der Waals surface area contributed by atoms with Gasteiger partial charge in [0.1, 0.15) is 11.9 Å². The Balaban J connectivity index is 0.825. The van der Waals surface area contributed by atoms with Gasteiger partial charge in [0.25, 0.3) is 0 Å². The molecule has 0 unspecified atom stereocenters. The number of piperidine rings is 1. The maximum absolute atomic E-state index is 16.4. The molecular formula is C44H47ClF2N10O4S. The molecule has 9 rings (SSSR count). The number of rotatable bonds is 11. The number of hydrogen-bond donors (Lipinski definition) is 2. The maximum Gasteiger partial charge on any atom is 0.328 e. The monoisotopic (exact) mass is 884 g/mol. The molecule has 4 aliphatic rings. The number of imide groups is 1. The number of halogens is 3. The highest BCUT2D eigenvalue weighted by molar-refractivity contribution is 7.90. The number of nitrogens with one attached hydrogen (secondary N) is 2. The minimum atomic E-state index is -4.23. The molecule has 4 saturated heterocycles. The summed E-state index contributed by atoms with van der Waals surface area (Å²) in [6.07, 6.45) is 6.26. The van der Waals surface area contributed by atoms with E-state index in [0.29, 0.717) is 35.7 Å². The average molecular weight is 885 g/mol. The highest BCUT2D eigenvalue weighted by Gasteiger charge is 2.33. The van der Waals surface area contributed by atoms with E-state index < -0.39 is 22.2 Å². The summed E-state index contributed by atoms with van der Waals surface area (Å²) in [6, 6.07) is 21.9. The number of anilines is 4. The molecule has 6 heterocycles. The summed E-state index contributed by atoms with van der Waals surface area (Å²) in [6.45, 7) is 6.86. The van der Waals surface area contributed by atoms with Gasteiger partial charge >= 0.3 is 16.2 Å². The van der Waals surface area contributed by atoms with Crippen molar-refractivity contribution in [3.63, 3.8) is 0 Å². The van der Waals surface area contributed by atoms with Crippen LogP contribution in [0.1, 0.15) is 25.7 Å². The second kappa shape index (κ2) is 17.6. The number of aromatic nitrogens is 3. The molecular weight excluding hydrogens is 838 g/mol. The molecule has 4 fully saturated rings. The second-order valence-electron chi connectivity index (χ2n) is 16.2. The van der Waals surface area contributed by atoms with Crippen LogP contribution in [0.15, 0.2) is 91.4 Å². The predicted molar refractivity (Wildman–Crippen MR) is 236 cm³/mol.